The number of carboxylic acid groups (broad SMARTS) is 1. The van der Waals surface area contributed by atoms with E-state index in [-0.39, 0.29) is 18.3 Å². The third-order valence-electron chi connectivity index (χ3n) is 3.43. The molecule has 0 bridgehead atoms. The molecule has 1 aromatic carbocycles. The summed E-state index contributed by atoms with van der Waals surface area (Å²) < 4.78 is 13.3. The molecule has 20 heavy (non-hydrogen) atoms. The normalized spacial score (nSPS) is 14.8. The molecule has 1 aromatic rings. The van der Waals surface area contributed by atoms with Gasteiger partial charge < -0.3 is 10.4 Å². The van der Waals surface area contributed by atoms with E-state index in [1.54, 1.807) is 6.07 Å². The number of hydrogen-bond donors (Lipinski definition) is 2. The predicted molar refractivity (Wildman–Crippen MR) is 72.3 cm³/mol. The molecular weight excluding hydrogens is 263 g/mol. The van der Waals surface area contributed by atoms with Crippen molar-refractivity contribution in [1.82, 2.24) is 5.32 Å². The second-order valence-corrected chi connectivity index (χ2v) is 4.83. The highest BCUT2D eigenvalue weighted by Gasteiger charge is 2.26. The smallest absolute Gasteiger partial charge is 0.322 e. The Balaban J connectivity index is 2.08. The summed E-state index contributed by atoms with van der Waals surface area (Å²) >= 11 is 0. The lowest BCUT2D eigenvalue weighted by Crippen LogP contribution is -2.44. The lowest BCUT2D eigenvalue weighted by atomic mass is 10.1. The summed E-state index contributed by atoms with van der Waals surface area (Å²) in [5.74, 6) is -1.34. The number of halogens is 1. The summed E-state index contributed by atoms with van der Waals surface area (Å²) in [6.07, 6.45) is 1.09. The van der Waals surface area contributed by atoms with Crippen LogP contribution in [0, 0.1) is 5.82 Å². The van der Waals surface area contributed by atoms with Gasteiger partial charge in [-0.05, 0) is 30.5 Å². The molecule has 2 N–H and O–H groups in total. The zero-order valence-corrected chi connectivity index (χ0v) is 11.2. The summed E-state index contributed by atoms with van der Waals surface area (Å²) in [7, 11) is 0. The molecule has 2 amide bonds. The number of benzene rings is 1. The quantitative estimate of drug-likeness (QED) is 0.888. The molecule has 0 spiro atoms. The monoisotopic (exact) mass is 280 g/mol. The van der Waals surface area contributed by atoms with Crippen LogP contribution >= 0.6 is 0 Å². The number of carbonyl (C=O) groups excluding carboxylic acids is 1. The molecule has 1 aliphatic heterocycles. The second-order valence-electron chi connectivity index (χ2n) is 4.83. The molecule has 108 valence electrons. The van der Waals surface area contributed by atoms with Crippen molar-refractivity contribution < 1.29 is 19.1 Å². The highest BCUT2D eigenvalue weighted by atomic mass is 19.1. The van der Waals surface area contributed by atoms with Crippen molar-refractivity contribution in [2.75, 3.05) is 11.4 Å². The minimum atomic E-state index is -0.954. The van der Waals surface area contributed by atoms with Crippen LogP contribution in [0.25, 0.3) is 0 Å². The number of amides is 2. The molecule has 2 rings (SSSR count). The number of hydrogen-bond acceptors (Lipinski definition) is 2. The van der Waals surface area contributed by atoms with E-state index in [1.807, 2.05) is 6.92 Å². The molecule has 5 nitrogen and oxygen atoms in total. The molecule has 0 aromatic heterocycles. The first-order valence-electron chi connectivity index (χ1n) is 6.59. The summed E-state index contributed by atoms with van der Waals surface area (Å²) in [6, 6.07) is 3.59. The summed E-state index contributed by atoms with van der Waals surface area (Å²) in [4.78, 5) is 24.3. The van der Waals surface area contributed by atoms with Gasteiger partial charge >= 0.3 is 12.0 Å². The SMILES string of the molecule is CCC(CC(=O)O)NC(=O)N1CCc2ccc(F)cc21. The van der Waals surface area contributed by atoms with E-state index in [2.05, 4.69) is 5.32 Å². The summed E-state index contributed by atoms with van der Waals surface area (Å²) in [5.41, 5.74) is 1.49. The Kier molecular flexibility index (Phi) is 4.22. The Bertz CT molecular complexity index is 533. The van der Waals surface area contributed by atoms with Crippen LogP contribution in [0.3, 0.4) is 0 Å². The van der Waals surface area contributed by atoms with Crippen LogP contribution in [-0.2, 0) is 11.2 Å². The van der Waals surface area contributed by atoms with Gasteiger partial charge in [0.25, 0.3) is 0 Å². The van der Waals surface area contributed by atoms with E-state index in [0.717, 1.165) is 5.56 Å². The fraction of sp³-hybridized carbons (Fsp3) is 0.429. The third-order valence-corrected chi connectivity index (χ3v) is 3.43. The minimum Gasteiger partial charge on any atom is -0.481 e. The fourth-order valence-electron chi connectivity index (χ4n) is 2.32. The molecule has 1 aliphatic rings. The molecule has 0 radical (unpaired) electrons. The number of nitrogens with one attached hydrogen (secondary N) is 1. The molecule has 0 aliphatic carbocycles. The van der Waals surface area contributed by atoms with Gasteiger partial charge in [0.1, 0.15) is 5.82 Å². The zero-order chi connectivity index (χ0) is 14.7. The fourth-order valence-corrected chi connectivity index (χ4v) is 2.32. The van der Waals surface area contributed by atoms with Gasteiger partial charge in [-0.3, -0.25) is 9.69 Å². The third kappa shape index (κ3) is 3.07. The highest BCUT2D eigenvalue weighted by Crippen LogP contribution is 2.28. The van der Waals surface area contributed by atoms with Crippen LogP contribution in [0.2, 0.25) is 0 Å². The highest BCUT2D eigenvalue weighted by molar-refractivity contribution is 5.94. The van der Waals surface area contributed by atoms with Crippen molar-refractivity contribution in [2.45, 2.75) is 32.2 Å². The maximum Gasteiger partial charge on any atom is 0.322 e. The molecule has 0 saturated carbocycles. The van der Waals surface area contributed by atoms with Crippen LogP contribution in [0.15, 0.2) is 18.2 Å². The molecule has 0 fully saturated rings. The van der Waals surface area contributed by atoms with Crippen molar-refractivity contribution in [1.29, 1.82) is 0 Å². The van der Waals surface area contributed by atoms with Crippen LogP contribution in [-0.4, -0.2) is 29.7 Å². The lowest BCUT2D eigenvalue weighted by Gasteiger charge is -2.22. The van der Waals surface area contributed by atoms with E-state index in [9.17, 15) is 14.0 Å². The first-order valence-corrected chi connectivity index (χ1v) is 6.59. The van der Waals surface area contributed by atoms with E-state index in [0.29, 0.717) is 25.1 Å². The molecule has 6 heteroatoms. The van der Waals surface area contributed by atoms with Crippen LogP contribution in [0.5, 0.6) is 0 Å². The number of carboxylic acids is 1. The number of fused-ring (bicyclic) bond motifs is 1. The van der Waals surface area contributed by atoms with Crippen LogP contribution < -0.4 is 10.2 Å². The zero-order valence-electron chi connectivity index (χ0n) is 11.2. The van der Waals surface area contributed by atoms with Crippen molar-refractivity contribution in [3.63, 3.8) is 0 Å². The standard InChI is InChI=1S/C14H17FN2O3/c1-2-11(8-13(18)19)16-14(20)17-6-5-9-3-4-10(15)7-12(9)17/h3-4,7,11H,2,5-6,8H2,1H3,(H,16,20)(H,18,19). The van der Waals surface area contributed by atoms with Gasteiger partial charge in [0, 0.05) is 12.6 Å². The Hall–Kier alpha value is -2.11. The maximum absolute atomic E-state index is 13.3. The minimum absolute atomic E-state index is 0.119. The van der Waals surface area contributed by atoms with Crippen molar-refractivity contribution >= 4 is 17.7 Å². The average Bonchev–Trinajstić information content (AvgIpc) is 2.80. The molecule has 0 saturated heterocycles. The molecular formula is C14H17FN2O3. The number of aliphatic carboxylic acids is 1. The summed E-state index contributed by atoms with van der Waals surface area (Å²) in [6.45, 7) is 2.29. The van der Waals surface area contributed by atoms with E-state index >= 15 is 0 Å². The van der Waals surface area contributed by atoms with Crippen LogP contribution in [0.1, 0.15) is 25.3 Å². The van der Waals surface area contributed by atoms with E-state index in [1.165, 1.54) is 17.0 Å². The van der Waals surface area contributed by atoms with Gasteiger partial charge in [0.2, 0.25) is 0 Å². The number of urea groups is 1. The van der Waals surface area contributed by atoms with Gasteiger partial charge in [-0.1, -0.05) is 13.0 Å². The second kappa shape index (κ2) is 5.90. The van der Waals surface area contributed by atoms with Gasteiger partial charge in [0.05, 0.1) is 12.1 Å². The number of rotatable bonds is 4. The van der Waals surface area contributed by atoms with Crippen molar-refractivity contribution in [3.05, 3.63) is 29.6 Å². The Labute approximate surface area is 116 Å². The summed E-state index contributed by atoms with van der Waals surface area (Å²) in [5, 5.41) is 11.5. The topological polar surface area (TPSA) is 69.6 Å². The van der Waals surface area contributed by atoms with Gasteiger partial charge in [-0.2, -0.15) is 0 Å². The number of carbonyl (C=O) groups is 2. The predicted octanol–water partition coefficient (Wildman–Crippen LogP) is 2.15. The van der Waals surface area contributed by atoms with Crippen molar-refractivity contribution in [2.24, 2.45) is 0 Å². The first kappa shape index (κ1) is 14.3. The van der Waals surface area contributed by atoms with E-state index < -0.39 is 12.0 Å². The van der Waals surface area contributed by atoms with Crippen molar-refractivity contribution in [3.8, 4) is 0 Å². The number of nitrogens with zero attached hydrogens (tertiary/aromatic N) is 1. The van der Waals surface area contributed by atoms with E-state index in [4.69, 9.17) is 5.11 Å². The van der Waals surface area contributed by atoms with Gasteiger partial charge in [-0.15, -0.1) is 0 Å². The average molecular weight is 280 g/mol. The molecule has 1 heterocycles. The first-order chi connectivity index (χ1) is 9.51. The Morgan fingerprint density at radius 2 is 2.25 bits per heavy atom. The Morgan fingerprint density at radius 1 is 1.50 bits per heavy atom. The van der Waals surface area contributed by atoms with Gasteiger partial charge in [0.15, 0.2) is 0 Å². The largest absolute Gasteiger partial charge is 0.481 e. The van der Waals surface area contributed by atoms with Gasteiger partial charge in [-0.25, -0.2) is 9.18 Å². The lowest BCUT2D eigenvalue weighted by molar-refractivity contribution is -0.137. The van der Waals surface area contributed by atoms with Crippen LogP contribution in [0.4, 0.5) is 14.9 Å². The molecule has 1 unspecified atom stereocenters. The molecule has 1 atom stereocenters. The number of anilines is 1. The maximum atomic E-state index is 13.3. The Morgan fingerprint density at radius 3 is 2.90 bits per heavy atom.